The van der Waals surface area contributed by atoms with E-state index in [4.69, 9.17) is 23.2 Å². The van der Waals surface area contributed by atoms with Crippen molar-refractivity contribution in [3.63, 3.8) is 0 Å². The molecule has 0 atom stereocenters. The van der Waals surface area contributed by atoms with Crippen LogP contribution < -0.4 is 10.6 Å². The lowest BCUT2D eigenvalue weighted by Crippen LogP contribution is -2.43. The van der Waals surface area contributed by atoms with Crippen LogP contribution in [0.4, 0.5) is 5.69 Å². The highest BCUT2D eigenvalue weighted by Gasteiger charge is 2.23. The first-order valence-corrected chi connectivity index (χ1v) is 8.99. The molecule has 0 spiro atoms. The highest BCUT2D eigenvalue weighted by Crippen LogP contribution is 2.25. The van der Waals surface area contributed by atoms with Crippen LogP contribution in [0.3, 0.4) is 0 Å². The number of anilines is 1. The van der Waals surface area contributed by atoms with Crippen LogP contribution in [0.2, 0.25) is 10.0 Å². The Kier molecular flexibility index (Phi) is 5.80. The molecule has 1 saturated heterocycles. The number of benzene rings is 1. The minimum atomic E-state index is -0.504. The third-order valence-electron chi connectivity index (χ3n) is 4.36. The molecule has 2 amide bonds. The van der Waals surface area contributed by atoms with Gasteiger partial charge < -0.3 is 15.5 Å². The first-order chi connectivity index (χ1) is 12.5. The molecule has 138 valence electrons. The van der Waals surface area contributed by atoms with E-state index in [1.807, 2.05) is 0 Å². The van der Waals surface area contributed by atoms with E-state index in [9.17, 15) is 9.59 Å². The van der Waals surface area contributed by atoms with Gasteiger partial charge in [0.2, 0.25) is 0 Å². The number of nitrogens with one attached hydrogen (secondary N) is 3. The van der Waals surface area contributed by atoms with Gasteiger partial charge in [0.05, 0.1) is 27.5 Å². The number of rotatable bonds is 4. The molecule has 2 aromatic rings. The Morgan fingerprint density at radius 2 is 1.85 bits per heavy atom. The zero-order valence-electron chi connectivity index (χ0n) is 14.2. The van der Waals surface area contributed by atoms with Gasteiger partial charge in [-0.2, -0.15) is 5.10 Å². The van der Waals surface area contributed by atoms with Crippen LogP contribution in [0, 0.1) is 0 Å². The summed E-state index contributed by atoms with van der Waals surface area (Å²) < 4.78 is 0. The number of hydrogen-bond acceptors (Lipinski definition) is 4. The maximum absolute atomic E-state index is 12.5. The van der Waals surface area contributed by atoms with Gasteiger partial charge in [-0.15, -0.1) is 0 Å². The predicted molar refractivity (Wildman–Crippen MR) is 101 cm³/mol. The molecule has 1 aromatic carbocycles. The van der Waals surface area contributed by atoms with Gasteiger partial charge in [0.25, 0.3) is 11.8 Å². The van der Waals surface area contributed by atoms with Gasteiger partial charge >= 0.3 is 0 Å². The van der Waals surface area contributed by atoms with Crippen molar-refractivity contribution in [3.05, 3.63) is 45.7 Å². The Bertz CT molecular complexity index is 795. The monoisotopic (exact) mass is 395 g/mol. The quantitative estimate of drug-likeness (QED) is 0.742. The fraction of sp³-hybridized carbons (Fsp3) is 0.353. The summed E-state index contributed by atoms with van der Waals surface area (Å²) in [6, 6.07) is 4.90. The van der Waals surface area contributed by atoms with Crippen LogP contribution in [-0.2, 0) is 0 Å². The Hall–Kier alpha value is -2.09. The number of carbonyl (C=O) groups is 2. The van der Waals surface area contributed by atoms with Gasteiger partial charge in [-0.1, -0.05) is 29.3 Å². The zero-order valence-corrected chi connectivity index (χ0v) is 15.7. The third-order valence-corrected chi connectivity index (χ3v) is 4.99. The molecule has 0 bridgehead atoms. The number of hydrogen-bond donors (Lipinski definition) is 3. The predicted octanol–water partition coefficient (Wildman–Crippen LogP) is 2.79. The van der Waals surface area contributed by atoms with E-state index in [1.54, 1.807) is 18.2 Å². The summed E-state index contributed by atoms with van der Waals surface area (Å²) in [5, 5.41) is 12.6. The van der Waals surface area contributed by atoms with E-state index in [1.165, 1.54) is 6.20 Å². The van der Waals surface area contributed by atoms with Gasteiger partial charge in [-0.3, -0.25) is 14.7 Å². The zero-order chi connectivity index (χ0) is 18.7. The van der Waals surface area contributed by atoms with Crippen molar-refractivity contribution in [3.8, 4) is 0 Å². The molecule has 3 N–H and O–H groups in total. The molecule has 2 heterocycles. The van der Waals surface area contributed by atoms with Gasteiger partial charge in [0.15, 0.2) is 0 Å². The molecule has 0 radical (unpaired) electrons. The van der Waals surface area contributed by atoms with Crippen molar-refractivity contribution in [2.75, 3.05) is 25.5 Å². The highest BCUT2D eigenvalue weighted by atomic mass is 35.5. The Morgan fingerprint density at radius 3 is 2.50 bits per heavy atom. The van der Waals surface area contributed by atoms with Crippen LogP contribution in [0.25, 0.3) is 0 Å². The molecule has 1 aliphatic rings. The molecule has 1 aliphatic heterocycles. The minimum Gasteiger partial charge on any atom is -0.348 e. The standard InChI is InChI=1S/C17H19Cl2N5O2/c1-24-7-5-10(6-8-24)21-17(26)15-13(9-20-23-15)22-16(25)14-11(18)3-2-4-12(14)19/h2-4,9-10H,5-8H2,1H3,(H,20,23)(H,21,26)(H,22,25). The molecule has 9 heteroatoms. The lowest BCUT2D eigenvalue weighted by Gasteiger charge is -2.29. The Labute approximate surface area is 161 Å². The fourth-order valence-electron chi connectivity index (χ4n) is 2.86. The van der Waals surface area contributed by atoms with Gasteiger partial charge in [0.1, 0.15) is 5.69 Å². The van der Waals surface area contributed by atoms with E-state index in [0.29, 0.717) is 0 Å². The van der Waals surface area contributed by atoms with Crippen LogP contribution in [0.15, 0.2) is 24.4 Å². The van der Waals surface area contributed by atoms with Crippen molar-refractivity contribution in [2.24, 2.45) is 0 Å². The summed E-state index contributed by atoms with van der Waals surface area (Å²) in [6.07, 6.45) is 3.15. The summed E-state index contributed by atoms with van der Waals surface area (Å²) in [7, 11) is 2.06. The molecule has 1 fully saturated rings. The Balaban J connectivity index is 1.70. The third kappa shape index (κ3) is 4.17. The van der Waals surface area contributed by atoms with E-state index in [0.717, 1.165) is 25.9 Å². The molecule has 7 nitrogen and oxygen atoms in total. The van der Waals surface area contributed by atoms with Gasteiger partial charge in [-0.25, -0.2) is 0 Å². The molecule has 0 saturated carbocycles. The molecule has 0 unspecified atom stereocenters. The SMILES string of the molecule is CN1CCC(NC(=O)c2[nH]ncc2NC(=O)c2c(Cl)cccc2Cl)CC1. The first kappa shape index (κ1) is 18.7. The number of piperidine rings is 1. The first-order valence-electron chi connectivity index (χ1n) is 8.24. The molecular weight excluding hydrogens is 377 g/mol. The number of likely N-dealkylation sites (tertiary alicyclic amines) is 1. The number of nitrogens with zero attached hydrogens (tertiary/aromatic N) is 2. The number of carbonyl (C=O) groups excluding carboxylic acids is 2. The lowest BCUT2D eigenvalue weighted by molar-refractivity contribution is 0.0912. The van der Waals surface area contributed by atoms with Crippen LogP contribution in [0.5, 0.6) is 0 Å². The maximum Gasteiger partial charge on any atom is 0.271 e. The molecule has 1 aromatic heterocycles. The number of aromatic amines is 1. The normalized spacial score (nSPS) is 15.7. The number of halogens is 2. The fourth-order valence-corrected chi connectivity index (χ4v) is 3.43. The van der Waals surface area contributed by atoms with E-state index in [-0.39, 0.29) is 38.9 Å². The van der Waals surface area contributed by atoms with E-state index in [2.05, 4.69) is 32.8 Å². The second-order valence-corrected chi connectivity index (χ2v) is 7.07. The van der Waals surface area contributed by atoms with Crippen molar-refractivity contribution >= 4 is 40.7 Å². The highest BCUT2D eigenvalue weighted by molar-refractivity contribution is 6.40. The minimum absolute atomic E-state index is 0.101. The Morgan fingerprint density at radius 1 is 1.19 bits per heavy atom. The molecule has 26 heavy (non-hydrogen) atoms. The topological polar surface area (TPSA) is 90.1 Å². The molecule has 0 aliphatic carbocycles. The van der Waals surface area contributed by atoms with Crippen molar-refractivity contribution < 1.29 is 9.59 Å². The van der Waals surface area contributed by atoms with Crippen LogP contribution in [-0.4, -0.2) is 53.1 Å². The average Bonchev–Trinajstić information content (AvgIpc) is 3.05. The van der Waals surface area contributed by atoms with Gasteiger partial charge in [0, 0.05) is 6.04 Å². The largest absolute Gasteiger partial charge is 0.348 e. The van der Waals surface area contributed by atoms with E-state index < -0.39 is 5.91 Å². The lowest BCUT2D eigenvalue weighted by atomic mass is 10.1. The van der Waals surface area contributed by atoms with Crippen molar-refractivity contribution in [1.29, 1.82) is 0 Å². The molecule has 3 rings (SSSR count). The van der Waals surface area contributed by atoms with E-state index >= 15 is 0 Å². The van der Waals surface area contributed by atoms with Crippen LogP contribution >= 0.6 is 23.2 Å². The summed E-state index contributed by atoms with van der Waals surface area (Å²) >= 11 is 12.1. The summed E-state index contributed by atoms with van der Waals surface area (Å²) in [5.74, 6) is -0.812. The second-order valence-electron chi connectivity index (χ2n) is 6.26. The molecular formula is C17H19Cl2N5O2. The second kappa shape index (κ2) is 8.07. The number of aromatic nitrogens is 2. The van der Waals surface area contributed by atoms with Crippen LogP contribution in [0.1, 0.15) is 33.7 Å². The van der Waals surface area contributed by atoms with Gasteiger partial charge in [-0.05, 0) is 45.1 Å². The number of H-pyrrole nitrogens is 1. The number of amides is 2. The smallest absolute Gasteiger partial charge is 0.271 e. The summed E-state index contributed by atoms with van der Waals surface area (Å²) in [4.78, 5) is 27.2. The maximum atomic E-state index is 12.5. The summed E-state index contributed by atoms with van der Waals surface area (Å²) in [5.41, 5.74) is 0.621. The van der Waals surface area contributed by atoms with Crippen molar-refractivity contribution in [1.82, 2.24) is 20.4 Å². The van der Waals surface area contributed by atoms with Crippen molar-refractivity contribution in [2.45, 2.75) is 18.9 Å². The summed E-state index contributed by atoms with van der Waals surface area (Å²) in [6.45, 7) is 1.87. The average molecular weight is 396 g/mol.